The number of anilines is 1. The average Bonchev–Trinajstić information content (AvgIpc) is 3.87. The number of hydrogen-bond donors (Lipinski definition) is 2. The molecule has 56 heavy (non-hydrogen) atoms. The number of ketones is 1. The highest BCUT2D eigenvalue weighted by atomic mass is 35.5. The Morgan fingerprint density at radius 3 is 1.89 bits per heavy atom. The maximum absolute atomic E-state index is 12.7. The summed E-state index contributed by atoms with van der Waals surface area (Å²) in [7, 11) is 6.42. The van der Waals surface area contributed by atoms with Crippen molar-refractivity contribution in [3.05, 3.63) is 166 Å². The van der Waals surface area contributed by atoms with Crippen molar-refractivity contribution in [1.82, 2.24) is 29.7 Å². The molecule has 0 saturated heterocycles. The Morgan fingerprint density at radius 1 is 0.750 bits per heavy atom. The van der Waals surface area contributed by atoms with Crippen LogP contribution in [0.25, 0.3) is 33.6 Å². The molecule has 0 spiro atoms. The van der Waals surface area contributed by atoms with E-state index in [9.17, 15) is 14.4 Å². The minimum absolute atomic E-state index is 0.0124. The van der Waals surface area contributed by atoms with Gasteiger partial charge in [0.25, 0.3) is 0 Å². The normalized spacial score (nSPS) is 10.7. The number of carbonyl (C=O) groups excluding carboxylic acids is 3. The molecule has 3 heterocycles. The molecular weight excluding hydrogens is 753 g/mol. The number of H-pyrrole nitrogens is 1. The first kappa shape index (κ1) is 40.4. The molecule has 0 bridgehead atoms. The number of nitrogens with two attached hydrogens (primary N) is 1. The Hall–Kier alpha value is -6.76. The van der Waals surface area contributed by atoms with Gasteiger partial charge in [0.05, 0.1) is 19.9 Å². The van der Waals surface area contributed by atoms with E-state index in [1.807, 2.05) is 110 Å². The quantitative estimate of drug-likeness (QED) is 0.0870. The van der Waals surface area contributed by atoms with Crippen LogP contribution in [0, 0.1) is 0 Å². The van der Waals surface area contributed by atoms with Gasteiger partial charge in [-0.05, 0) is 47.5 Å². The van der Waals surface area contributed by atoms with E-state index in [4.69, 9.17) is 33.7 Å². The number of halogens is 2. The summed E-state index contributed by atoms with van der Waals surface area (Å²) in [6.07, 6.45) is 3.63. The van der Waals surface area contributed by atoms with E-state index in [-0.39, 0.29) is 23.0 Å². The van der Waals surface area contributed by atoms with Crippen LogP contribution in [-0.2, 0) is 9.47 Å². The fourth-order valence-corrected chi connectivity index (χ4v) is 5.55. The van der Waals surface area contributed by atoms with E-state index in [0.29, 0.717) is 26.8 Å². The van der Waals surface area contributed by atoms with Crippen molar-refractivity contribution in [1.29, 1.82) is 0 Å². The molecule has 0 atom stereocenters. The zero-order valence-corrected chi connectivity index (χ0v) is 32.3. The number of fused-ring (bicyclic) bond motifs is 1. The molecule has 0 aliphatic rings. The number of rotatable bonds is 8. The lowest BCUT2D eigenvalue weighted by atomic mass is 9.97. The van der Waals surface area contributed by atoms with Crippen LogP contribution in [0.4, 0.5) is 5.82 Å². The summed E-state index contributed by atoms with van der Waals surface area (Å²) in [6, 6.07) is 37.0. The van der Waals surface area contributed by atoms with Gasteiger partial charge in [0, 0.05) is 70.9 Å². The lowest BCUT2D eigenvalue weighted by molar-refractivity contribution is 0.0585. The minimum atomic E-state index is -0.501. The molecule has 7 aromatic rings. The van der Waals surface area contributed by atoms with Crippen LogP contribution in [0.1, 0.15) is 36.9 Å². The number of esters is 2. The van der Waals surface area contributed by atoms with Crippen LogP contribution >= 0.6 is 23.2 Å². The van der Waals surface area contributed by atoms with Crippen LogP contribution in [0.5, 0.6) is 0 Å². The van der Waals surface area contributed by atoms with Crippen molar-refractivity contribution in [2.45, 2.75) is 0 Å². The van der Waals surface area contributed by atoms with Gasteiger partial charge in [-0.25, -0.2) is 19.1 Å². The molecule has 284 valence electrons. The summed E-state index contributed by atoms with van der Waals surface area (Å²) in [5.41, 5.74) is 12.1. The number of methoxy groups -OCH3 is 2. The van der Waals surface area contributed by atoms with Crippen molar-refractivity contribution >= 4 is 58.0 Å². The van der Waals surface area contributed by atoms with Gasteiger partial charge in [0.1, 0.15) is 11.5 Å². The summed E-state index contributed by atoms with van der Waals surface area (Å²) in [4.78, 5) is 41.6. The summed E-state index contributed by atoms with van der Waals surface area (Å²) < 4.78 is 10.8. The molecule has 7 rings (SSSR count). The Balaban J connectivity index is 0.000000177. The number of nitrogen functional groups attached to an aromatic ring is 1. The second-order valence-electron chi connectivity index (χ2n) is 12.1. The highest BCUT2D eigenvalue weighted by Crippen LogP contribution is 2.33. The van der Waals surface area contributed by atoms with Crippen molar-refractivity contribution in [3.8, 4) is 22.4 Å². The number of hydrogen-bond acceptors (Lipinski definition) is 10. The maximum Gasteiger partial charge on any atom is 0.358 e. The Morgan fingerprint density at radius 2 is 1.34 bits per heavy atom. The molecule has 0 aliphatic carbocycles. The number of allylic oxidation sites excluding steroid dienone is 1. The monoisotopic (exact) mass is 789 g/mol. The van der Waals surface area contributed by atoms with Crippen molar-refractivity contribution < 1.29 is 23.9 Å². The maximum atomic E-state index is 12.7. The topological polar surface area (TPSA) is 158 Å². The molecule has 3 N–H and O–H groups in total. The molecule has 0 radical (unpaired) electrons. The molecule has 14 heteroatoms. The first-order valence-corrected chi connectivity index (χ1v) is 17.7. The average molecular weight is 791 g/mol. The van der Waals surface area contributed by atoms with Gasteiger partial charge in [0.2, 0.25) is 0 Å². The van der Waals surface area contributed by atoms with Crippen molar-refractivity contribution in [3.63, 3.8) is 0 Å². The van der Waals surface area contributed by atoms with E-state index >= 15 is 0 Å². The zero-order chi connectivity index (χ0) is 40.2. The first-order chi connectivity index (χ1) is 27.0. The molecule has 0 fully saturated rings. The van der Waals surface area contributed by atoms with Gasteiger partial charge in [-0.2, -0.15) is 10.2 Å². The number of nitrogens with one attached hydrogen (secondary N) is 1. The van der Waals surface area contributed by atoms with Gasteiger partial charge in [-0.1, -0.05) is 96.0 Å². The largest absolute Gasteiger partial charge is 0.464 e. The Labute approximate surface area is 333 Å². The summed E-state index contributed by atoms with van der Waals surface area (Å²) in [5, 5.41) is 11.6. The lowest BCUT2D eigenvalue weighted by Crippen LogP contribution is -2.09. The number of Topliss-reactive ketones (excluding diaryl/α,β-unsaturated/α-hetero) is 1. The third kappa shape index (κ3) is 10.3. The van der Waals surface area contributed by atoms with Gasteiger partial charge in [-0.3, -0.25) is 9.89 Å². The number of benzene rings is 4. The highest BCUT2D eigenvalue weighted by Gasteiger charge is 2.19. The minimum Gasteiger partial charge on any atom is -0.464 e. The second kappa shape index (κ2) is 19.0. The van der Waals surface area contributed by atoms with Gasteiger partial charge < -0.3 is 20.1 Å². The molecular formula is C42H37Cl2N7O5. The van der Waals surface area contributed by atoms with Crippen molar-refractivity contribution in [2.24, 2.45) is 0 Å². The van der Waals surface area contributed by atoms with E-state index in [1.54, 1.807) is 41.0 Å². The van der Waals surface area contributed by atoms with Crippen LogP contribution in [0.3, 0.4) is 0 Å². The standard InChI is InChI=1S/C20H14ClN3O2.C17H16ClNO.C5H7N3O2/c1-26-20(25)17-11-18-22-12-16(13-5-3-2-4-6-13)19(24(18)23-17)14-7-9-15(21)10-8-14;1-19(2)12-16(13-6-4-3-5-7-13)17(20)14-8-10-15(18)11-9-14;1-10-5(9)3-2-4(6)8-7-3/h2-12H,1H3;3-12H,1-2H3;2H,1H3,(H3,6,7,8)/b;16-12+;. The van der Waals surface area contributed by atoms with E-state index < -0.39 is 11.9 Å². The van der Waals surface area contributed by atoms with E-state index in [1.165, 1.54) is 20.3 Å². The molecule has 0 aliphatic heterocycles. The number of aromatic nitrogens is 5. The number of carbonyl (C=O) groups is 3. The Kier molecular flexibility index (Phi) is 13.7. The summed E-state index contributed by atoms with van der Waals surface area (Å²) in [5.74, 6) is -0.704. The predicted octanol–water partition coefficient (Wildman–Crippen LogP) is 8.41. The third-order valence-corrected chi connectivity index (χ3v) is 8.41. The van der Waals surface area contributed by atoms with Crippen LogP contribution < -0.4 is 5.73 Å². The van der Waals surface area contributed by atoms with Crippen LogP contribution in [-0.4, -0.2) is 75.7 Å². The van der Waals surface area contributed by atoms with Gasteiger partial charge >= 0.3 is 11.9 Å². The highest BCUT2D eigenvalue weighted by molar-refractivity contribution is 6.32. The van der Waals surface area contributed by atoms with E-state index in [0.717, 1.165) is 27.9 Å². The first-order valence-electron chi connectivity index (χ1n) is 16.9. The van der Waals surface area contributed by atoms with Crippen molar-refractivity contribution in [2.75, 3.05) is 34.0 Å². The molecule has 3 aromatic heterocycles. The number of ether oxygens (including phenoxy) is 2. The molecule has 4 aromatic carbocycles. The number of aromatic amines is 1. The van der Waals surface area contributed by atoms with E-state index in [2.05, 4.69) is 25.0 Å². The molecule has 0 saturated carbocycles. The number of nitrogens with zero attached hydrogens (tertiary/aromatic N) is 5. The lowest BCUT2D eigenvalue weighted by Gasteiger charge is -2.12. The molecule has 0 unspecified atom stereocenters. The summed E-state index contributed by atoms with van der Waals surface area (Å²) in [6.45, 7) is 0. The summed E-state index contributed by atoms with van der Waals surface area (Å²) >= 11 is 11.9. The fourth-order valence-electron chi connectivity index (χ4n) is 5.30. The second-order valence-corrected chi connectivity index (χ2v) is 13.0. The van der Waals surface area contributed by atoms with Crippen LogP contribution in [0.2, 0.25) is 10.0 Å². The SMILES string of the molecule is CN(C)/C=C(/C(=O)c1ccc(Cl)cc1)c1ccccc1.COC(=O)c1cc(N)n[nH]1.COC(=O)c1cc2ncc(-c3ccccc3)c(-c3ccc(Cl)cc3)n2n1. The van der Waals surface area contributed by atoms with Gasteiger partial charge in [0.15, 0.2) is 17.1 Å². The third-order valence-electron chi connectivity index (χ3n) is 7.91. The zero-order valence-electron chi connectivity index (χ0n) is 30.8. The molecule has 12 nitrogen and oxygen atoms in total. The van der Waals surface area contributed by atoms with Gasteiger partial charge in [-0.15, -0.1) is 0 Å². The fraction of sp³-hybridized carbons (Fsp3) is 0.0952. The van der Waals surface area contributed by atoms with Crippen LogP contribution in [0.15, 0.2) is 134 Å². The predicted molar refractivity (Wildman–Crippen MR) is 218 cm³/mol. The Bertz CT molecular complexity index is 2450. The molecule has 0 amide bonds. The smallest absolute Gasteiger partial charge is 0.358 e.